The van der Waals surface area contributed by atoms with Gasteiger partial charge in [-0.15, -0.1) is 0 Å². The Kier molecular flexibility index (Phi) is 3.53. The van der Waals surface area contributed by atoms with Gasteiger partial charge in [-0.25, -0.2) is 0 Å². The van der Waals surface area contributed by atoms with E-state index >= 15 is 0 Å². The van der Waals surface area contributed by atoms with Crippen LogP contribution in [0, 0.1) is 3.57 Å². The summed E-state index contributed by atoms with van der Waals surface area (Å²) in [5, 5.41) is 18.0. The lowest BCUT2D eigenvalue weighted by Crippen LogP contribution is -1.97. The van der Waals surface area contributed by atoms with Crippen molar-refractivity contribution in [1.29, 1.82) is 0 Å². The van der Waals surface area contributed by atoms with E-state index in [1.54, 1.807) is 18.2 Å². The van der Waals surface area contributed by atoms with E-state index in [4.69, 9.17) is 5.11 Å². The fraction of sp³-hybridized carbons (Fsp3) is 0.222. The Hall–Kier alpha value is -0.780. The first-order valence-corrected chi connectivity index (χ1v) is 4.87. The maximum atomic E-state index is 10.3. The van der Waals surface area contributed by atoms with Crippen LogP contribution in [0.15, 0.2) is 18.2 Å². The number of rotatable bonds is 3. The van der Waals surface area contributed by atoms with E-state index in [1.807, 2.05) is 22.6 Å². The number of aromatic hydroxyl groups is 1. The summed E-state index contributed by atoms with van der Waals surface area (Å²) in [6.45, 7) is 0. The summed E-state index contributed by atoms with van der Waals surface area (Å²) in [5.41, 5.74) is 0.689. The van der Waals surface area contributed by atoms with Gasteiger partial charge in [-0.1, -0.05) is 12.1 Å². The van der Waals surface area contributed by atoms with Crippen LogP contribution in [0.4, 0.5) is 0 Å². The lowest BCUT2D eigenvalue weighted by molar-refractivity contribution is -0.136. The van der Waals surface area contributed by atoms with E-state index < -0.39 is 5.97 Å². The van der Waals surface area contributed by atoms with Gasteiger partial charge in [-0.05, 0) is 40.6 Å². The summed E-state index contributed by atoms with van der Waals surface area (Å²) < 4.78 is 0.750. The number of hydrogen-bond acceptors (Lipinski definition) is 2. The number of hydrogen-bond donors (Lipinski definition) is 2. The minimum absolute atomic E-state index is 0.0493. The molecule has 1 aromatic rings. The third kappa shape index (κ3) is 2.87. The van der Waals surface area contributed by atoms with Gasteiger partial charge in [-0.2, -0.15) is 0 Å². The summed E-state index contributed by atoms with van der Waals surface area (Å²) in [6, 6.07) is 5.32. The van der Waals surface area contributed by atoms with Crippen molar-refractivity contribution in [3.8, 4) is 5.75 Å². The van der Waals surface area contributed by atoms with E-state index in [2.05, 4.69) is 0 Å². The molecule has 0 atom stereocenters. The van der Waals surface area contributed by atoms with Crippen LogP contribution < -0.4 is 0 Å². The van der Waals surface area contributed by atoms with E-state index in [1.165, 1.54) is 0 Å². The second-order valence-corrected chi connectivity index (χ2v) is 3.80. The van der Waals surface area contributed by atoms with Crippen LogP contribution in [0.3, 0.4) is 0 Å². The molecule has 0 spiro atoms. The van der Waals surface area contributed by atoms with Crippen molar-refractivity contribution in [3.05, 3.63) is 27.3 Å². The molecule has 2 N–H and O–H groups in total. The summed E-state index contributed by atoms with van der Waals surface area (Å²) in [6.07, 6.45) is 0.422. The average molecular weight is 292 g/mol. The zero-order valence-electron chi connectivity index (χ0n) is 6.83. The first kappa shape index (κ1) is 10.3. The number of carboxylic acid groups (broad SMARTS) is 1. The fourth-order valence-electron chi connectivity index (χ4n) is 1.00. The number of phenols is 1. The molecule has 0 aliphatic carbocycles. The monoisotopic (exact) mass is 292 g/mol. The number of aryl methyl sites for hydroxylation is 1. The van der Waals surface area contributed by atoms with Crippen LogP contribution in [-0.4, -0.2) is 16.2 Å². The lowest BCUT2D eigenvalue weighted by atomic mass is 10.1. The van der Waals surface area contributed by atoms with Crippen molar-refractivity contribution in [2.24, 2.45) is 0 Å². The molecular weight excluding hydrogens is 283 g/mol. The molecule has 3 nitrogen and oxygen atoms in total. The highest BCUT2D eigenvalue weighted by Gasteiger charge is 2.06. The molecule has 0 saturated heterocycles. The Morgan fingerprint density at radius 1 is 1.46 bits per heavy atom. The Morgan fingerprint density at radius 3 is 2.77 bits per heavy atom. The molecular formula is C9H9IO3. The zero-order chi connectivity index (χ0) is 9.84. The predicted molar refractivity (Wildman–Crippen MR) is 56.8 cm³/mol. The number of para-hydroxylation sites is 1. The van der Waals surface area contributed by atoms with Crippen molar-refractivity contribution in [2.75, 3.05) is 0 Å². The molecule has 0 bridgehead atoms. The fourth-order valence-corrected chi connectivity index (χ4v) is 1.56. The van der Waals surface area contributed by atoms with Gasteiger partial charge in [0.1, 0.15) is 5.75 Å². The normalized spacial score (nSPS) is 9.92. The topological polar surface area (TPSA) is 57.5 Å². The number of carbonyl (C=O) groups is 1. The predicted octanol–water partition coefficient (Wildman–Crippen LogP) is 2.01. The van der Waals surface area contributed by atoms with Crippen LogP contribution in [0.2, 0.25) is 0 Å². The quantitative estimate of drug-likeness (QED) is 0.838. The van der Waals surface area contributed by atoms with Crippen LogP contribution in [-0.2, 0) is 11.2 Å². The first-order chi connectivity index (χ1) is 6.11. The third-order valence-corrected chi connectivity index (χ3v) is 2.55. The molecule has 1 aromatic carbocycles. The van der Waals surface area contributed by atoms with Crippen molar-refractivity contribution in [2.45, 2.75) is 12.8 Å². The zero-order valence-corrected chi connectivity index (χ0v) is 8.98. The van der Waals surface area contributed by atoms with E-state index in [0.717, 1.165) is 3.57 Å². The molecule has 0 aliphatic rings. The second-order valence-electron chi connectivity index (χ2n) is 2.64. The lowest BCUT2D eigenvalue weighted by Gasteiger charge is -2.03. The molecule has 0 aromatic heterocycles. The first-order valence-electron chi connectivity index (χ1n) is 3.79. The molecule has 4 heteroatoms. The molecule has 0 saturated carbocycles. The van der Waals surface area contributed by atoms with Crippen LogP contribution in [0.1, 0.15) is 12.0 Å². The van der Waals surface area contributed by atoms with Gasteiger partial charge in [0, 0.05) is 6.42 Å². The largest absolute Gasteiger partial charge is 0.507 e. The van der Waals surface area contributed by atoms with Gasteiger partial charge in [-0.3, -0.25) is 4.79 Å². The van der Waals surface area contributed by atoms with Gasteiger partial charge < -0.3 is 10.2 Å². The van der Waals surface area contributed by atoms with Crippen molar-refractivity contribution < 1.29 is 15.0 Å². The average Bonchev–Trinajstić information content (AvgIpc) is 2.07. The molecule has 0 radical (unpaired) electrons. The Bertz CT molecular complexity index is 323. The second kappa shape index (κ2) is 4.45. The van der Waals surface area contributed by atoms with Gasteiger partial charge in [0.25, 0.3) is 0 Å². The number of benzene rings is 1. The standard InChI is InChI=1S/C9H9IO3/c10-7-3-1-2-6(9(7)13)4-5-8(11)12/h1-3,13H,4-5H2,(H,11,12). The Morgan fingerprint density at radius 2 is 2.15 bits per heavy atom. The SMILES string of the molecule is O=C(O)CCc1cccc(I)c1O. The molecule has 0 aliphatic heterocycles. The molecule has 0 amide bonds. The third-order valence-electron chi connectivity index (χ3n) is 1.68. The highest BCUT2D eigenvalue weighted by atomic mass is 127. The Balaban J connectivity index is 2.77. The van der Waals surface area contributed by atoms with Gasteiger partial charge in [0.15, 0.2) is 0 Å². The number of phenolic OH excluding ortho intramolecular Hbond substituents is 1. The van der Waals surface area contributed by atoms with Crippen molar-refractivity contribution >= 4 is 28.6 Å². The van der Waals surface area contributed by atoms with Crippen LogP contribution >= 0.6 is 22.6 Å². The highest BCUT2D eigenvalue weighted by Crippen LogP contribution is 2.24. The maximum absolute atomic E-state index is 10.3. The molecule has 0 fully saturated rings. The van der Waals surface area contributed by atoms with E-state index in [0.29, 0.717) is 12.0 Å². The highest BCUT2D eigenvalue weighted by molar-refractivity contribution is 14.1. The molecule has 0 unspecified atom stereocenters. The Labute approximate surface area is 89.5 Å². The summed E-state index contributed by atoms with van der Waals surface area (Å²) in [7, 11) is 0. The number of halogens is 1. The molecule has 0 heterocycles. The number of aliphatic carboxylic acids is 1. The molecule has 13 heavy (non-hydrogen) atoms. The smallest absolute Gasteiger partial charge is 0.303 e. The molecule has 70 valence electrons. The van der Waals surface area contributed by atoms with Gasteiger partial charge >= 0.3 is 5.97 Å². The van der Waals surface area contributed by atoms with E-state index in [-0.39, 0.29) is 12.2 Å². The summed E-state index contributed by atoms with van der Waals surface area (Å²) >= 11 is 2.01. The van der Waals surface area contributed by atoms with Crippen LogP contribution in [0.5, 0.6) is 5.75 Å². The summed E-state index contributed by atoms with van der Waals surface area (Å²) in [5.74, 6) is -0.650. The maximum Gasteiger partial charge on any atom is 0.303 e. The minimum Gasteiger partial charge on any atom is -0.507 e. The summed E-state index contributed by atoms with van der Waals surface area (Å²) in [4.78, 5) is 10.3. The van der Waals surface area contributed by atoms with Crippen LogP contribution in [0.25, 0.3) is 0 Å². The molecule has 1 rings (SSSR count). The van der Waals surface area contributed by atoms with E-state index in [9.17, 15) is 9.90 Å². The van der Waals surface area contributed by atoms with Gasteiger partial charge in [0.05, 0.1) is 3.57 Å². The van der Waals surface area contributed by atoms with Crippen molar-refractivity contribution in [3.63, 3.8) is 0 Å². The van der Waals surface area contributed by atoms with Crippen molar-refractivity contribution in [1.82, 2.24) is 0 Å². The number of carboxylic acids is 1. The van der Waals surface area contributed by atoms with Gasteiger partial charge in [0.2, 0.25) is 0 Å². The minimum atomic E-state index is -0.849.